The summed E-state index contributed by atoms with van der Waals surface area (Å²) in [5.41, 5.74) is 0.722. The molecular weight excluding hydrogens is 383 g/mol. The zero-order valence-electron chi connectivity index (χ0n) is 14.2. The van der Waals surface area contributed by atoms with Crippen LogP contribution in [0.15, 0.2) is 36.5 Å². The number of hydrogen-bond donors (Lipinski definition) is 1. The van der Waals surface area contributed by atoms with Gasteiger partial charge in [0.1, 0.15) is 23.1 Å². The normalized spacial score (nSPS) is 11.2. The Morgan fingerprint density at radius 2 is 2.07 bits per heavy atom. The van der Waals surface area contributed by atoms with Crippen molar-refractivity contribution in [3.8, 4) is 0 Å². The van der Waals surface area contributed by atoms with E-state index in [2.05, 4.69) is 15.5 Å². The molecule has 0 aliphatic heterocycles. The summed E-state index contributed by atoms with van der Waals surface area (Å²) in [6.07, 6.45) is -1.21. The van der Waals surface area contributed by atoms with E-state index in [1.165, 1.54) is 33.8 Å². The van der Waals surface area contributed by atoms with Crippen molar-refractivity contribution in [3.63, 3.8) is 0 Å². The lowest BCUT2D eigenvalue weighted by Crippen LogP contribution is -2.21. The second-order valence-electron chi connectivity index (χ2n) is 5.87. The minimum atomic E-state index is -2.71. The van der Waals surface area contributed by atoms with Crippen LogP contribution < -0.4 is 5.32 Å². The number of aromatic nitrogens is 4. The maximum Gasteiger partial charge on any atom is 0.282 e. The van der Waals surface area contributed by atoms with Gasteiger partial charge in [-0.15, -0.1) is 0 Å². The first-order chi connectivity index (χ1) is 12.8. The topological polar surface area (TPSA) is 64.7 Å². The molecule has 1 amide bonds. The number of nitrogens with zero attached hydrogens (tertiary/aromatic N) is 4. The van der Waals surface area contributed by atoms with E-state index in [0.29, 0.717) is 11.3 Å². The minimum Gasteiger partial charge on any atom is -0.306 e. The summed E-state index contributed by atoms with van der Waals surface area (Å²) in [7, 11) is 0. The molecule has 0 aliphatic rings. The molecule has 0 atom stereocenters. The molecular formula is C17H15ClF3N5O. The molecule has 1 aromatic carbocycles. The zero-order chi connectivity index (χ0) is 19.6. The van der Waals surface area contributed by atoms with Gasteiger partial charge in [-0.25, -0.2) is 13.2 Å². The van der Waals surface area contributed by atoms with Gasteiger partial charge in [-0.05, 0) is 30.7 Å². The largest absolute Gasteiger partial charge is 0.306 e. The highest BCUT2D eigenvalue weighted by molar-refractivity contribution is 6.33. The van der Waals surface area contributed by atoms with Gasteiger partial charge in [-0.1, -0.05) is 23.7 Å². The van der Waals surface area contributed by atoms with Gasteiger partial charge < -0.3 is 5.32 Å². The van der Waals surface area contributed by atoms with Crippen molar-refractivity contribution in [1.29, 1.82) is 0 Å². The van der Waals surface area contributed by atoms with E-state index >= 15 is 0 Å². The molecule has 2 heterocycles. The Morgan fingerprint density at radius 3 is 2.74 bits per heavy atom. The number of rotatable bonds is 6. The van der Waals surface area contributed by atoms with Crippen molar-refractivity contribution < 1.29 is 18.0 Å². The minimum absolute atomic E-state index is 0.122. The number of carbonyl (C=O) groups is 1. The third kappa shape index (κ3) is 4.68. The summed E-state index contributed by atoms with van der Waals surface area (Å²) < 4.78 is 41.2. The van der Waals surface area contributed by atoms with E-state index in [0.717, 1.165) is 0 Å². The van der Waals surface area contributed by atoms with Gasteiger partial charge in [-0.2, -0.15) is 10.2 Å². The average molecular weight is 398 g/mol. The molecule has 6 nitrogen and oxygen atoms in total. The van der Waals surface area contributed by atoms with Gasteiger partial charge >= 0.3 is 0 Å². The zero-order valence-corrected chi connectivity index (χ0v) is 14.9. The van der Waals surface area contributed by atoms with Gasteiger partial charge in [0.05, 0.1) is 6.54 Å². The Kier molecular flexibility index (Phi) is 5.50. The molecule has 0 aliphatic carbocycles. The number of halogens is 4. The van der Waals surface area contributed by atoms with E-state index in [4.69, 9.17) is 11.6 Å². The molecule has 1 N–H and O–H groups in total. The first-order valence-electron chi connectivity index (χ1n) is 7.91. The average Bonchev–Trinajstić information content (AvgIpc) is 3.11. The Balaban J connectivity index is 1.67. The lowest BCUT2D eigenvalue weighted by atomic mass is 10.2. The first kappa shape index (κ1) is 19.0. The Labute approximate surface area is 157 Å². The summed E-state index contributed by atoms with van der Waals surface area (Å²) >= 11 is 6.07. The number of amides is 1. The van der Waals surface area contributed by atoms with Crippen molar-refractivity contribution in [3.05, 3.63) is 64.3 Å². The first-order valence-corrected chi connectivity index (χ1v) is 8.29. The predicted molar refractivity (Wildman–Crippen MR) is 93.3 cm³/mol. The van der Waals surface area contributed by atoms with E-state index in [9.17, 15) is 18.0 Å². The van der Waals surface area contributed by atoms with Crippen molar-refractivity contribution in [2.45, 2.75) is 26.4 Å². The molecule has 3 aromatic rings. The molecule has 0 fully saturated rings. The predicted octanol–water partition coefficient (Wildman–Crippen LogP) is 3.81. The van der Waals surface area contributed by atoms with Crippen LogP contribution in [-0.2, 0) is 17.9 Å². The third-order valence-corrected chi connectivity index (χ3v) is 4.00. The van der Waals surface area contributed by atoms with E-state index in [1.54, 1.807) is 19.1 Å². The fourth-order valence-corrected chi connectivity index (χ4v) is 2.69. The molecule has 0 bridgehead atoms. The summed E-state index contributed by atoms with van der Waals surface area (Å²) in [6.45, 7) is 1.59. The highest BCUT2D eigenvalue weighted by atomic mass is 35.5. The van der Waals surface area contributed by atoms with Crippen LogP contribution in [0.5, 0.6) is 0 Å². The van der Waals surface area contributed by atoms with Gasteiger partial charge in [-0.3, -0.25) is 14.2 Å². The molecule has 0 unspecified atom stereocenters. The standard InChI is InChI=1S/C17H15ClF3N5O/c1-10-5-14(16(20)21)23-26(10)9-15(27)22-17-13(18)8-25(24-17)7-11-3-2-4-12(19)6-11/h2-6,8,16H,7,9H2,1H3,(H,22,24,27). The lowest BCUT2D eigenvalue weighted by molar-refractivity contribution is -0.117. The smallest absolute Gasteiger partial charge is 0.282 e. The molecule has 0 saturated heterocycles. The fraction of sp³-hybridized carbons (Fsp3) is 0.235. The van der Waals surface area contributed by atoms with Crippen LogP contribution in [-0.4, -0.2) is 25.5 Å². The van der Waals surface area contributed by atoms with Gasteiger partial charge in [0.2, 0.25) is 5.91 Å². The second kappa shape index (κ2) is 7.83. The van der Waals surface area contributed by atoms with E-state index in [1.807, 2.05) is 0 Å². The monoisotopic (exact) mass is 397 g/mol. The quantitative estimate of drug-likeness (QED) is 0.688. The molecule has 2 aromatic heterocycles. The maximum atomic E-state index is 13.2. The van der Waals surface area contributed by atoms with Gasteiger partial charge in [0.15, 0.2) is 5.82 Å². The van der Waals surface area contributed by atoms with Crippen LogP contribution in [0.4, 0.5) is 19.0 Å². The Hall–Kier alpha value is -2.81. The number of alkyl halides is 2. The number of hydrogen-bond acceptors (Lipinski definition) is 3. The third-order valence-electron chi connectivity index (χ3n) is 3.73. The lowest BCUT2D eigenvalue weighted by Gasteiger charge is -2.05. The van der Waals surface area contributed by atoms with Gasteiger partial charge in [0.25, 0.3) is 6.43 Å². The number of nitrogens with one attached hydrogen (secondary N) is 1. The van der Waals surface area contributed by atoms with Crippen LogP contribution in [0.3, 0.4) is 0 Å². The maximum absolute atomic E-state index is 13.2. The second-order valence-corrected chi connectivity index (χ2v) is 6.28. The molecule has 0 radical (unpaired) electrons. The summed E-state index contributed by atoms with van der Waals surface area (Å²) in [5, 5.41) is 10.6. The highest BCUT2D eigenvalue weighted by Crippen LogP contribution is 2.21. The Bertz CT molecular complexity index is 969. The molecule has 0 saturated carbocycles. The van der Waals surface area contributed by atoms with Crippen molar-refractivity contribution >= 4 is 23.3 Å². The molecule has 27 heavy (non-hydrogen) atoms. The number of anilines is 1. The number of aryl methyl sites for hydroxylation is 1. The molecule has 0 spiro atoms. The number of carbonyl (C=O) groups excluding carboxylic acids is 1. The van der Waals surface area contributed by atoms with Crippen LogP contribution >= 0.6 is 11.6 Å². The SMILES string of the molecule is Cc1cc(C(F)F)nn1CC(=O)Nc1nn(Cc2cccc(F)c2)cc1Cl. The van der Waals surface area contributed by atoms with Crippen LogP contribution in [0.2, 0.25) is 5.02 Å². The van der Waals surface area contributed by atoms with Gasteiger partial charge in [0, 0.05) is 11.9 Å². The number of benzene rings is 1. The van der Waals surface area contributed by atoms with Crippen LogP contribution in [0, 0.1) is 12.7 Å². The van der Waals surface area contributed by atoms with E-state index < -0.39 is 18.0 Å². The van der Waals surface area contributed by atoms with Crippen LogP contribution in [0.25, 0.3) is 0 Å². The van der Waals surface area contributed by atoms with Crippen molar-refractivity contribution in [2.24, 2.45) is 0 Å². The molecule has 142 valence electrons. The molecule has 3 rings (SSSR count). The highest BCUT2D eigenvalue weighted by Gasteiger charge is 2.16. The summed E-state index contributed by atoms with van der Waals surface area (Å²) in [5.74, 6) is -0.756. The summed E-state index contributed by atoms with van der Waals surface area (Å²) in [4.78, 5) is 12.2. The van der Waals surface area contributed by atoms with Crippen LogP contribution in [0.1, 0.15) is 23.4 Å². The summed E-state index contributed by atoms with van der Waals surface area (Å²) in [6, 6.07) is 7.24. The molecule has 10 heteroatoms. The van der Waals surface area contributed by atoms with Crippen molar-refractivity contribution in [2.75, 3.05) is 5.32 Å². The Morgan fingerprint density at radius 1 is 1.30 bits per heavy atom. The fourth-order valence-electron chi connectivity index (χ4n) is 2.50. The van der Waals surface area contributed by atoms with E-state index in [-0.39, 0.29) is 29.7 Å². The van der Waals surface area contributed by atoms with Crippen molar-refractivity contribution in [1.82, 2.24) is 19.6 Å².